The minimum atomic E-state index is -4.07. The predicted molar refractivity (Wildman–Crippen MR) is 136 cm³/mol. The molecule has 0 heterocycles. The summed E-state index contributed by atoms with van der Waals surface area (Å²) in [6.07, 6.45) is -0.710. The molecule has 214 valence electrons. The van der Waals surface area contributed by atoms with E-state index in [9.17, 15) is 41.7 Å². The van der Waals surface area contributed by atoms with E-state index in [0.29, 0.717) is 25.0 Å². The van der Waals surface area contributed by atoms with Gasteiger partial charge in [0.05, 0.1) is 40.1 Å². The average Bonchev–Trinajstić information content (AvgIpc) is 3.03. The van der Waals surface area contributed by atoms with Crippen molar-refractivity contribution in [2.45, 2.75) is 60.6 Å². The lowest BCUT2D eigenvalue weighted by Crippen LogP contribution is -2.51. The molecule has 2 aliphatic carbocycles. The summed E-state index contributed by atoms with van der Waals surface area (Å²) in [6, 6.07) is 4.74. The van der Waals surface area contributed by atoms with Gasteiger partial charge in [-0.2, -0.15) is 0 Å². The molecule has 0 spiro atoms. The molecule has 2 fully saturated rings. The maximum Gasteiger partial charge on any atom is 0.255 e. The van der Waals surface area contributed by atoms with Gasteiger partial charge in [-0.05, 0) is 62.6 Å². The molecule has 8 nitrogen and oxygen atoms in total. The fourth-order valence-electron chi connectivity index (χ4n) is 5.45. The maximum absolute atomic E-state index is 13.6. The third-order valence-corrected chi connectivity index (χ3v) is 10.4. The summed E-state index contributed by atoms with van der Waals surface area (Å²) in [5, 5.41) is 31.7. The number of hydrogen-bond acceptors (Lipinski definition) is 7. The molecule has 1 amide bonds. The lowest BCUT2D eigenvalue weighted by atomic mass is 9.75. The van der Waals surface area contributed by atoms with Gasteiger partial charge in [-0.15, -0.1) is 0 Å². The summed E-state index contributed by atoms with van der Waals surface area (Å²) < 4.78 is 73.0. The van der Waals surface area contributed by atoms with Gasteiger partial charge < -0.3 is 25.4 Å². The van der Waals surface area contributed by atoms with E-state index in [0.717, 1.165) is 6.07 Å². The molecule has 4 atom stereocenters. The smallest absolute Gasteiger partial charge is 0.255 e. The molecular weight excluding hydrogens is 563 g/mol. The molecular formula is C26H29ClF3NO7S. The molecule has 4 rings (SSSR count). The van der Waals surface area contributed by atoms with Crippen LogP contribution in [0.15, 0.2) is 35.2 Å². The minimum Gasteiger partial charge on any atom is -0.391 e. The maximum atomic E-state index is 13.6. The van der Waals surface area contributed by atoms with E-state index in [-0.39, 0.29) is 47.2 Å². The van der Waals surface area contributed by atoms with Gasteiger partial charge in [0.2, 0.25) is 0 Å². The first kappa shape index (κ1) is 29.8. The van der Waals surface area contributed by atoms with Crippen molar-refractivity contribution in [2.24, 2.45) is 11.8 Å². The van der Waals surface area contributed by atoms with E-state index in [1.165, 1.54) is 19.1 Å². The highest BCUT2D eigenvalue weighted by Crippen LogP contribution is 2.52. The third-order valence-electron chi connectivity index (χ3n) is 7.73. The molecule has 2 bridgehead atoms. The molecule has 2 saturated carbocycles. The third kappa shape index (κ3) is 5.96. The highest BCUT2D eigenvalue weighted by Gasteiger charge is 2.56. The number of halogens is 4. The Labute approximate surface area is 228 Å². The Morgan fingerprint density at radius 2 is 1.72 bits per heavy atom. The summed E-state index contributed by atoms with van der Waals surface area (Å²) in [4.78, 5) is 12.4. The fourth-order valence-corrected chi connectivity index (χ4v) is 7.86. The van der Waals surface area contributed by atoms with Gasteiger partial charge in [-0.25, -0.2) is 21.6 Å². The highest BCUT2D eigenvalue weighted by molar-refractivity contribution is 7.92. The molecule has 4 N–H and O–H groups in total. The number of benzene rings is 2. The zero-order valence-electron chi connectivity index (χ0n) is 20.9. The first-order valence-corrected chi connectivity index (χ1v) is 14.3. The van der Waals surface area contributed by atoms with Crippen molar-refractivity contribution in [3.8, 4) is 0 Å². The Morgan fingerprint density at radius 3 is 2.28 bits per heavy atom. The summed E-state index contributed by atoms with van der Waals surface area (Å²) in [5.74, 6) is -6.36. The Kier molecular flexibility index (Phi) is 8.65. The molecule has 13 heteroatoms. The van der Waals surface area contributed by atoms with Crippen LogP contribution in [-0.4, -0.2) is 65.9 Å². The van der Waals surface area contributed by atoms with E-state index >= 15 is 0 Å². The van der Waals surface area contributed by atoms with Crippen LogP contribution in [0.3, 0.4) is 0 Å². The molecule has 39 heavy (non-hydrogen) atoms. The molecule has 2 aromatic rings. The quantitative estimate of drug-likeness (QED) is 0.328. The van der Waals surface area contributed by atoms with Crippen LogP contribution in [0.1, 0.15) is 43.0 Å². The zero-order chi connectivity index (χ0) is 28.7. The molecule has 0 radical (unpaired) electrons. The van der Waals surface area contributed by atoms with E-state index in [1.807, 2.05) is 0 Å². The van der Waals surface area contributed by atoms with Crippen molar-refractivity contribution in [3.63, 3.8) is 0 Å². The van der Waals surface area contributed by atoms with Crippen molar-refractivity contribution in [2.75, 3.05) is 18.5 Å². The Balaban J connectivity index is 1.50. The Bertz CT molecular complexity index is 1320. The first-order valence-electron chi connectivity index (χ1n) is 12.4. The predicted octanol–water partition coefficient (Wildman–Crippen LogP) is 3.46. The van der Waals surface area contributed by atoms with Crippen LogP contribution in [0.4, 0.5) is 18.9 Å². The molecule has 2 aliphatic rings. The van der Waals surface area contributed by atoms with Gasteiger partial charge in [0.15, 0.2) is 27.3 Å². The van der Waals surface area contributed by atoms with E-state index in [2.05, 4.69) is 5.32 Å². The largest absolute Gasteiger partial charge is 0.391 e. The normalized spacial score (nSPS) is 26.3. The van der Waals surface area contributed by atoms with Crippen LogP contribution in [-0.2, 0) is 14.6 Å². The monoisotopic (exact) mass is 591 g/mol. The van der Waals surface area contributed by atoms with Gasteiger partial charge in [-0.1, -0.05) is 11.6 Å². The number of anilines is 1. The van der Waals surface area contributed by atoms with Crippen LogP contribution >= 0.6 is 11.6 Å². The number of aliphatic hydroxyl groups is 3. The molecule has 0 aromatic heterocycles. The molecule has 0 aliphatic heterocycles. The Hall–Kier alpha value is -2.22. The molecule has 2 unspecified atom stereocenters. The number of aliphatic hydroxyl groups excluding tert-OH is 2. The van der Waals surface area contributed by atoms with Crippen molar-refractivity contribution in [3.05, 3.63) is 58.4 Å². The molecule has 2 aromatic carbocycles. The number of fused-ring (bicyclic) bond motifs is 2. The number of rotatable bonds is 9. The van der Waals surface area contributed by atoms with Gasteiger partial charge >= 0.3 is 0 Å². The van der Waals surface area contributed by atoms with E-state index < -0.39 is 68.1 Å². The standard InChI is InChI=1S/C26H29ClF3NO7S/c1-13(32)22(33)11-38-12-26(35)15-3-4-16(26)8-18(7-15)39(36,37)23-6-14(2-5-19(23)27)25(34)31-17-9-20(28)24(30)21(29)10-17/h2,5-6,9-10,13,15-16,18,22,32-33,35H,3-4,7-8,11-12H2,1H3,(H,31,34)/t13-,15?,16?,18?,22-,26?/m1/s1. The second-order valence-electron chi connectivity index (χ2n) is 10.3. The van der Waals surface area contributed by atoms with Crippen molar-refractivity contribution in [1.29, 1.82) is 0 Å². The lowest BCUT2D eigenvalue weighted by molar-refractivity contribution is -0.129. The highest BCUT2D eigenvalue weighted by atomic mass is 35.5. The SMILES string of the molecule is C[C@@H](O)[C@H](O)COCC1(O)C2CCC1CC(S(=O)(=O)c1cc(C(=O)Nc3cc(F)c(F)c(F)c3)ccc1Cl)C2. The topological polar surface area (TPSA) is 133 Å². The summed E-state index contributed by atoms with van der Waals surface area (Å²) in [6.45, 7) is 1.12. The number of amides is 1. The van der Waals surface area contributed by atoms with Crippen molar-refractivity contribution >= 4 is 33.0 Å². The summed E-state index contributed by atoms with van der Waals surface area (Å²) in [7, 11) is -4.07. The average molecular weight is 592 g/mol. The van der Waals surface area contributed by atoms with Crippen LogP contribution in [0.25, 0.3) is 0 Å². The second-order valence-corrected chi connectivity index (χ2v) is 12.9. The van der Waals surface area contributed by atoms with Crippen LogP contribution in [0, 0.1) is 29.3 Å². The fraction of sp³-hybridized carbons (Fsp3) is 0.500. The van der Waals surface area contributed by atoms with Gasteiger partial charge in [-0.3, -0.25) is 4.79 Å². The summed E-state index contributed by atoms with van der Waals surface area (Å²) in [5.41, 5.74) is -1.79. The van der Waals surface area contributed by atoms with Gasteiger partial charge in [0.25, 0.3) is 5.91 Å². The number of carbonyl (C=O) groups is 1. The van der Waals surface area contributed by atoms with E-state index in [1.54, 1.807) is 0 Å². The zero-order valence-corrected chi connectivity index (χ0v) is 22.5. The number of ether oxygens (including phenoxy) is 1. The molecule has 0 saturated heterocycles. The Morgan fingerprint density at radius 1 is 1.13 bits per heavy atom. The van der Waals surface area contributed by atoms with Crippen LogP contribution in [0.2, 0.25) is 5.02 Å². The van der Waals surface area contributed by atoms with Gasteiger partial charge in [0.1, 0.15) is 6.10 Å². The van der Waals surface area contributed by atoms with Crippen LogP contribution < -0.4 is 5.32 Å². The number of sulfone groups is 1. The van der Waals surface area contributed by atoms with E-state index in [4.69, 9.17) is 16.3 Å². The number of nitrogens with one attached hydrogen (secondary N) is 1. The van der Waals surface area contributed by atoms with Crippen LogP contribution in [0.5, 0.6) is 0 Å². The van der Waals surface area contributed by atoms with Crippen molar-refractivity contribution in [1.82, 2.24) is 0 Å². The second kappa shape index (κ2) is 11.3. The van der Waals surface area contributed by atoms with Crippen molar-refractivity contribution < 1.29 is 46.4 Å². The number of hydrogen-bond donors (Lipinski definition) is 4. The first-order chi connectivity index (χ1) is 18.2. The van der Waals surface area contributed by atoms with Gasteiger partial charge in [0, 0.05) is 23.4 Å². The summed E-state index contributed by atoms with van der Waals surface area (Å²) >= 11 is 6.23. The number of carbonyl (C=O) groups excluding carboxylic acids is 1. The lowest BCUT2D eigenvalue weighted by Gasteiger charge is -2.42. The minimum absolute atomic E-state index is 0.111.